The van der Waals surface area contributed by atoms with Gasteiger partial charge in [-0.3, -0.25) is 4.90 Å². The van der Waals surface area contributed by atoms with Gasteiger partial charge in [-0.15, -0.1) is 11.3 Å². The Morgan fingerprint density at radius 3 is 2.80 bits per heavy atom. The first-order valence-corrected chi connectivity index (χ1v) is 7.28. The van der Waals surface area contributed by atoms with Crippen LogP contribution in [-0.2, 0) is 6.54 Å². The van der Waals surface area contributed by atoms with E-state index in [0.717, 1.165) is 31.3 Å². The highest BCUT2D eigenvalue weighted by Gasteiger charge is 2.20. The fourth-order valence-electron chi connectivity index (χ4n) is 2.27. The van der Waals surface area contributed by atoms with E-state index in [-0.39, 0.29) is 5.56 Å². The smallest absolute Gasteiger partial charge is 0.338 e. The summed E-state index contributed by atoms with van der Waals surface area (Å²) < 4.78 is 5.28. The second-order valence-corrected chi connectivity index (χ2v) is 5.56. The van der Waals surface area contributed by atoms with Crippen molar-refractivity contribution in [2.75, 3.05) is 31.1 Å². The molecule has 1 aliphatic rings. The third kappa shape index (κ3) is 2.83. The molecule has 0 bridgehead atoms. The second-order valence-electron chi connectivity index (χ2n) is 4.68. The zero-order valence-electron chi connectivity index (χ0n) is 10.9. The third-order valence-electron chi connectivity index (χ3n) is 3.34. The zero-order valence-corrected chi connectivity index (χ0v) is 11.7. The van der Waals surface area contributed by atoms with Crippen molar-refractivity contribution in [3.8, 4) is 0 Å². The predicted octanol–water partition coefficient (Wildman–Crippen LogP) is 1.76. The van der Waals surface area contributed by atoms with Crippen molar-refractivity contribution in [1.82, 2.24) is 9.88 Å². The molecule has 0 aromatic carbocycles. The van der Waals surface area contributed by atoms with Gasteiger partial charge in [0, 0.05) is 37.8 Å². The molecule has 0 aliphatic carbocycles. The normalized spacial score (nSPS) is 16.5. The molecule has 0 amide bonds. The van der Waals surface area contributed by atoms with Crippen LogP contribution in [0.2, 0.25) is 0 Å². The van der Waals surface area contributed by atoms with Gasteiger partial charge in [0.2, 0.25) is 0 Å². The summed E-state index contributed by atoms with van der Waals surface area (Å²) in [5.41, 5.74) is 0.210. The number of carboxylic acid groups (broad SMARTS) is 1. The van der Waals surface area contributed by atoms with E-state index in [0.29, 0.717) is 12.3 Å². The molecule has 3 heterocycles. The Bertz CT molecular complexity index is 573. The number of thiazole rings is 1. The van der Waals surface area contributed by atoms with Gasteiger partial charge in [0.15, 0.2) is 5.13 Å². The molecule has 1 saturated heterocycles. The van der Waals surface area contributed by atoms with E-state index >= 15 is 0 Å². The van der Waals surface area contributed by atoms with E-state index in [2.05, 4.69) is 14.8 Å². The molecule has 2 aromatic rings. The van der Waals surface area contributed by atoms with Gasteiger partial charge in [-0.05, 0) is 6.07 Å². The number of carboxylic acids is 1. The summed E-state index contributed by atoms with van der Waals surface area (Å²) in [6.45, 7) is 4.35. The minimum absolute atomic E-state index is 0.210. The summed E-state index contributed by atoms with van der Waals surface area (Å²) in [7, 11) is 0. The highest BCUT2D eigenvalue weighted by Crippen LogP contribution is 2.20. The maximum absolute atomic E-state index is 10.8. The number of rotatable bonds is 4. The third-order valence-corrected chi connectivity index (χ3v) is 4.17. The minimum Gasteiger partial charge on any atom is -0.478 e. The zero-order chi connectivity index (χ0) is 13.9. The lowest BCUT2D eigenvalue weighted by molar-refractivity contribution is 0.0696. The number of aromatic nitrogens is 1. The molecule has 106 valence electrons. The van der Waals surface area contributed by atoms with Crippen LogP contribution in [0.3, 0.4) is 0 Å². The van der Waals surface area contributed by atoms with E-state index < -0.39 is 5.97 Å². The molecule has 0 spiro atoms. The average molecular weight is 293 g/mol. The summed E-state index contributed by atoms with van der Waals surface area (Å²) in [5, 5.41) is 11.9. The summed E-state index contributed by atoms with van der Waals surface area (Å²) in [6.07, 6.45) is 3.12. The number of anilines is 1. The number of hydrogen-bond donors (Lipinski definition) is 1. The lowest BCUT2D eigenvalue weighted by atomic mass is 10.2. The SMILES string of the molecule is O=C(O)c1coc(CN2CCN(c3nccs3)CC2)c1. The lowest BCUT2D eigenvalue weighted by Gasteiger charge is -2.33. The lowest BCUT2D eigenvalue weighted by Crippen LogP contribution is -2.45. The van der Waals surface area contributed by atoms with Crippen molar-refractivity contribution in [3.05, 3.63) is 35.2 Å². The summed E-state index contributed by atoms with van der Waals surface area (Å²) >= 11 is 1.65. The topological polar surface area (TPSA) is 69.8 Å². The van der Waals surface area contributed by atoms with Crippen molar-refractivity contribution in [3.63, 3.8) is 0 Å². The Kier molecular flexibility index (Phi) is 3.70. The molecule has 6 nitrogen and oxygen atoms in total. The highest BCUT2D eigenvalue weighted by atomic mass is 32.1. The van der Waals surface area contributed by atoms with Gasteiger partial charge in [-0.25, -0.2) is 9.78 Å². The van der Waals surface area contributed by atoms with E-state index in [1.165, 1.54) is 6.26 Å². The first-order chi connectivity index (χ1) is 9.72. The molecule has 1 N–H and O–H groups in total. The van der Waals surface area contributed by atoms with Gasteiger partial charge in [0.05, 0.1) is 12.1 Å². The van der Waals surface area contributed by atoms with Gasteiger partial charge in [-0.2, -0.15) is 0 Å². The average Bonchev–Trinajstić information content (AvgIpc) is 3.10. The van der Waals surface area contributed by atoms with Crippen LogP contribution in [-0.4, -0.2) is 47.1 Å². The largest absolute Gasteiger partial charge is 0.478 e. The molecule has 0 atom stereocenters. The Balaban J connectivity index is 1.54. The molecule has 1 fully saturated rings. The van der Waals surface area contributed by atoms with Crippen LogP contribution < -0.4 is 4.90 Å². The molecule has 7 heteroatoms. The van der Waals surface area contributed by atoms with Crippen LogP contribution in [0.25, 0.3) is 0 Å². The van der Waals surface area contributed by atoms with Crippen molar-refractivity contribution in [2.24, 2.45) is 0 Å². The van der Waals surface area contributed by atoms with Crippen molar-refractivity contribution >= 4 is 22.4 Å². The molecule has 0 unspecified atom stereocenters. The standard InChI is InChI=1S/C13H15N3O3S/c17-12(18)10-7-11(19-9-10)8-15-2-4-16(5-3-15)13-14-1-6-20-13/h1,6-7,9H,2-5,8H2,(H,17,18). The molecule has 3 rings (SSSR count). The van der Waals surface area contributed by atoms with Crippen LogP contribution >= 0.6 is 11.3 Å². The van der Waals surface area contributed by atoms with Gasteiger partial charge < -0.3 is 14.4 Å². The second kappa shape index (κ2) is 5.64. The fraction of sp³-hybridized carbons (Fsp3) is 0.385. The van der Waals surface area contributed by atoms with Gasteiger partial charge in [0.1, 0.15) is 12.0 Å². The predicted molar refractivity (Wildman–Crippen MR) is 75.3 cm³/mol. The summed E-state index contributed by atoms with van der Waals surface area (Å²) in [4.78, 5) is 19.6. The summed E-state index contributed by atoms with van der Waals surface area (Å²) in [5.74, 6) is -0.251. The molecular weight excluding hydrogens is 278 g/mol. The monoisotopic (exact) mass is 293 g/mol. The van der Waals surface area contributed by atoms with Gasteiger partial charge in [-0.1, -0.05) is 0 Å². The Labute approximate surface area is 120 Å². The van der Waals surface area contributed by atoms with Gasteiger partial charge >= 0.3 is 5.97 Å². The first-order valence-electron chi connectivity index (χ1n) is 6.40. The minimum atomic E-state index is -0.950. The van der Waals surface area contributed by atoms with Crippen LogP contribution in [0, 0.1) is 0 Å². The number of furan rings is 1. The molecule has 1 aliphatic heterocycles. The van der Waals surface area contributed by atoms with E-state index in [4.69, 9.17) is 9.52 Å². The number of nitrogens with zero attached hydrogens (tertiary/aromatic N) is 3. The van der Waals surface area contributed by atoms with E-state index in [9.17, 15) is 4.79 Å². The maximum Gasteiger partial charge on any atom is 0.338 e. The Hall–Kier alpha value is -1.86. The van der Waals surface area contributed by atoms with Crippen LogP contribution in [0.5, 0.6) is 0 Å². The summed E-state index contributed by atoms with van der Waals surface area (Å²) in [6, 6.07) is 1.59. The molecule has 2 aromatic heterocycles. The fourth-order valence-corrected chi connectivity index (χ4v) is 2.96. The van der Waals surface area contributed by atoms with Crippen LogP contribution in [0.1, 0.15) is 16.1 Å². The number of aromatic carboxylic acids is 1. The number of piperazine rings is 1. The highest BCUT2D eigenvalue weighted by molar-refractivity contribution is 7.13. The number of hydrogen-bond acceptors (Lipinski definition) is 6. The Morgan fingerprint density at radius 2 is 2.20 bits per heavy atom. The van der Waals surface area contributed by atoms with Crippen molar-refractivity contribution in [2.45, 2.75) is 6.54 Å². The van der Waals surface area contributed by atoms with Crippen molar-refractivity contribution in [1.29, 1.82) is 0 Å². The van der Waals surface area contributed by atoms with Crippen LogP contribution in [0.4, 0.5) is 5.13 Å². The van der Waals surface area contributed by atoms with Crippen LogP contribution in [0.15, 0.2) is 28.3 Å². The molecule has 20 heavy (non-hydrogen) atoms. The maximum atomic E-state index is 10.8. The van der Waals surface area contributed by atoms with E-state index in [1.807, 2.05) is 11.6 Å². The molecular formula is C13H15N3O3S. The van der Waals surface area contributed by atoms with Crippen molar-refractivity contribution < 1.29 is 14.3 Å². The Morgan fingerprint density at radius 1 is 1.40 bits per heavy atom. The quantitative estimate of drug-likeness (QED) is 0.926. The molecule has 0 saturated carbocycles. The first kappa shape index (κ1) is 13.1. The number of carbonyl (C=O) groups is 1. The van der Waals surface area contributed by atoms with Gasteiger partial charge in [0.25, 0.3) is 0 Å². The van der Waals surface area contributed by atoms with E-state index in [1.54, 1.807) is 17.4 Å². The molecule has 0 radical (unpaired) electrons.